The molecule has 20 heavy (non-hydrogen) atoms. The van der Waals surface area contributed by atoms with Gasteiger partial charge in [-0.3, -0.25) is 10.8 Å². The van der Waals surface area contributed by atoms with Crippen LogP contribution in [0.25, 0.3) is 0 Å². The van der Waals surface area contributed by atoms with Gasteiger partial charge >= 0.3 is 0 Å². The van der Waals surface area contributed by atoms with Crippen molar-refractivity contribution in [3.05, 3.63) is 58.7 Å². The van der Waals surface area contributed by atoms with Gasteiger partial charge in [0.05, 0.1) is 0 Å². The molecule has 0 aliphatic heterocycles. The average molecular weight is 266 g/mol. The standard InChI is InChI=1S/C16H18N4/c17-15(18)11-5-1-3-9-7-10-4-2-6-12(16(19)20)14(10)8-13(9)11/h1-6,9,13H,7-8H2,(H3,17,18)(H3,19,20). The van der Waals surface area contributed by atoms with Crippen LogP contribution in [0.1, 0.15) is 16.7 Å². The molecule has 2 aliphatic rings. The summed E-state index contributed by atoms with van der Waals surface area (Å²) in [5, 5.41) is 15.5. The maximum Gasteiger partial charge on any atom is 0.123 e. The van der Waals surface area contributed by atoms with Crippen LogP contribution < -0.4 is 11.5 Å². The van der Waals surface area contributed by atoms with Gasteiger partial charge in [-0.15, -0.1) is 0 Å². The highest BCUT2D eigenvalue weighted by Crippen LogP contribution is 2.38. The van der Waals surface area contributed by atoms with Crippen LogP contribution in [0.15, 0.2) is 42.0 Å². The van der Waals surface area contributed by atoms with Gasteiger partial charge in [0, 0.05) is 5.56 Å². The van der Waals surface area contributed by atoms with Crippen molar-refractivity contribution < 1.29 is 0 Å². The van der Waals surface area contributed by atoms with Crippen LogP contribution in [-0.2, 0) is 12.8 Å². The third-order valence-corrected chi connectivity index (χ3v) is 4.30. The van der Waals surface area contributed by atoms with E-state index in [9.17, 15) is 0 Å². The fourth-order valence-electron chi connectivity index (χ4n) is 3.34. The van der Waals surface area contributed by atoms with E-state index in [2.05, 4.69) is 12.1 Å². The van der Waals surface area contributed by atoms with Gasteiger partial charge in [-0.2, -0.15) is 0 Å². The van der Waals surface area contributed by atoms with E-state index in [-0.39, 0.29) is 17.6 Å². The second kappa shape index (κ2) is 4.63. The van der Waals surface area contributed by atoms with Crippen LogP contribution in [0, 0.1) is 22.7 Å². The minimum Gasteiger partial charge on any atom is -0.384 e. The van der Waals surface area contributed by atoms with Crippen LogP contribution in [0.3, 0.4) is 0 Å². The number of nitrogens with two attached hydrogens (primary N) is 2. The first-order chi connectivity index (χ1) is 9.58. The van der Waals surface area contributed by atoms with Gasteiger partial charge in [0.15, 0.2) is 0 Å². The number of hydrogen-bond acceptors (Lipinski definition) is 2. The summed E-state index contributed by atoms with van der Waals surface area (Å²) in [6.45, 7) is 0. The zero-order valence-electron chi connectivity index (χ0n) is 11.2. The Hall–Kier alpha value is -2.36. The summed E-state index contributed by atoms with van der Waals surface area (Å²) in [5.74, 6) is 0.868. The Balaban J connectivity index is 2.06. The monoisotopic (exact) mass is 266 g/mol. The lowest BCUT2D eigenvalue weighted by Crippen LogP contribution is -2.33. The van der Waals surface area contributed by atoms with Crippen LogP contribution >= 0.6 is 0 Å². The largest absolute Gasteiger partial charge is 0.384 e. The van der Waals surface area contributed by atoms with Gasteiger partial charge in [-0.1, -0.05) is 36.4 Å². The van der Waals surface area contributed by atoms with E-state index in [1.54, 1.807) is 0 Å². The van der Waals surface area contributed by atoms with E-state index in [0.29, 0.717) is 5.92 Å². The van der Waals surface area contributed by atoms with E-state index >= 15 is 0 Å². The predicted molar refractivity (Wildman–Crippen MR) is 81.0 cm³/mol. The van der Waals surface area contributed by atoms with Crippen molar-refractivity contribution in [1.82, 2.24) is 0 Å². The third-order valence-electron chi connectivity index (χ3n) is 4.30. The first kappa shape index (κ1) is 12.7. The number of fused-ring (bicyclic) bond motifs is 2. The molecule has 6 N–H and O–H groups in total. The highest BCUT2D eigenvalue weighted by Gasteiger charge is 2.33. The molecule has 0 amide bonds. The Bertz CT molecular complexity index is 654. The zero-order valence-corrected chi connectivity index (χ0v) is 11.2. The normalized spacial score (nSPS) is 23.5. The van der Waals surface area contributed by atoms with E-state index in [1.165, 1.54) is 5.56 Å². The molecule has 0 radical (unpaired) electrons. The summed E-state index contributed by atoms with van der Waals surface area (Å²) in [7, 11) is 0. The Morgan fingerprint density at radius 3 is 2.60 bits per heavy atom. The molecular formula is C16H18N4. The van der Waals surface area contributed by atoms with Crippen molar-refractivity contribution in [3.63, 3.8) is 0 Å². The zero-order chi connectivity index (χ0) is 14.3. The van der Waals surface area contributed by atoms with E-state index in [0.717, 1.165) is 29.5 Å². The SMILES string of the molecule is N=C(N)C1=CC=CC2Cc3cccc(C(=N)N)c3CC12. The van der Waals surface area contributed by atoms with Crippen molar-refractivity contribution in [1.29, 1.82) is 10.8 Å². The van der Waals surface area contributed by atoms with Crippen molar-refractivity contribution in [3.8, 4) is 0 Å². The molecule has 0 saturated carbocycles. The lowest BCUT2D eigenvalue weighted by molar-refractivity contribution is 0.426. The molecule has 4 nitrogen and oxygen atoms in total. The fraction of sp³-hybridized carbons (Fsp3) is 0.250. The third kappa shape index (κ3) is 1.93. The quantitative estimate of drug-likeness (QED) is 0.484. The highest BCUT2D eigenvalue weighted by atomic mass is 14.7. The molecule has 2 atom stereocenters. The average Bonchev–Trinajstić information content (AvgIpc) is 2.43. The van der Waals surface area contributed by atoms with Gasteiger partial charge < -0.3 is 11.5 Å². The number of hydrogen-bond donors (Lipinski definition) is 4. The fourth-order valence-corrected chi connectivity index (χ4v) is 3.34. The molecule has 1 aromatic carbocycles. The van der Waals surface area contributed by atoms with E-state index in [1.807, 2.05) is 24.3 Å². The molecule has 1 aromatic rings. The Morgan fingerprint density at radius 2 is 1.90 bits per heavy atom. The van der Waals surface area contributed by atoms with Gasteiger partial charge in [-0.05, 0) is 41.4 Å². The van der Waals surface area contributed by atoms with Gasteiger partial charge in [0.25, 0.3) is 0 Å². The van der Waals surface area contributed by atoms with Crippen molar-refractivity contribution in [2.45, 2.75) is 12.8 Å². The first-order valence-corrected chi connectivity index (χ1v) is 6.76. The summed E-state index contributed by atoms with van der Waals surface area (Å²) in [6, 6.07) is 5.97. The van der Waals surface area contributed by atoms with Crippen LogP contribution in [0.4, 0.5) is 0 Å². The molecule has 3 rings (SSSR count). The number of rotatable bonds is 2. The number of amidine groups is 2. The maximum absolute atomic E-state index is 7.74. The molecule has 0 heterocycles. The van der Waals surface area contributed by atoms with Gasteiger partial charge in [0.1, 0.15) is 11.7 Å². The van der Waals surface area contributed by atoms with Crippen LogP contribution in [-0.4, -0.2) is 11.7 Å². The van der Waals surface area contributed by atoms with Crippen LogP contribution in [0.2, 0.25) is 0 Å². The Labute approximate surface area is 118 Å². The van der Waals surface area contributed by atoms with Crippen molar-refractivity contribution in [2.24, 2.45) is 23.3 Å². The van der Waals surface area contributed by atoms with Gasteiger partial charge in [0.2, 0.25) is 0 Å². The number of allylic oxidation sites excluding steroid dienone is 3. The Kier molecular flexibility index (Phi) is 2.93. The number of nitrogens with one attached hydrogen (secondary N) is 2. The van der Waals surface area contributed by atoms with E-state index in [4.69, 9.17) is 22.3 Å². The summed E-state index contributed by atoms with van der Waals surface area (Å²) in [5.41, 5.74) is 15.5. The molecule has 0 bridgehead atoms. The number of nitrogen functional groups attached to an aromatic ring is 1. The molecule has 2 unspecified atom stereocenters. The maximum atomic E-state index is 7.74. The van der Waals surface area contributed by atoms with Gasteiger partial charge in [-0.25, -0.2) is 0 Å². The molecule has 0 saturated heterocycles. The molecule has 2 aliphatic carbocycles. The molecular weight excluding hydrogens is 248 g/mol. The minimum absolute atomic E-state index is 0.111. The summed E-state index contributed by atoms with van der Waals surface area (Å²) in [6.07, 6.45) is 7.84. The molecule has 0 aromatic heterocycles. The second-order valence-corrected chi connectivity index (χ2v) is 5.46. The number of benzene rings is 1. The highest BCUT2D eigenvalue weighted by molar-refractivity contribution is 5.98. The van der Waals surface area contributed by atoms with E-state index < -0.39 is 0 Å². The topological polar surface area (TPSA) is 99.7 Å². The molecule has 0 fully saturated rings. The smallest absolute Gasteiger partial charge is 0.123 e. The summed E-state index contributed by atoms with van der Waals surface area (Å²) in [4.78, 5) is 0. The first-order valence-electron chi connectivity index (χ1n) is 6.76. The van der Waals surface area contributed by atoms with Crippen molar-refractivity contribution in [2.75, 3.05) is 0 Å². The molecule has 0 spiro atoms. The minimum atomic E-state index is 0.111. The summed E-state index contributed by atoms with van der Waals surface area (Å²) >= 11 is 0. The Morgan fingerprint density at radius 1 is 1.10 bits per heavy atom. The lowest BCUT2D eigenvalue weighted by atomic mass is 9.69. The predicted octanol–water partition coefficient (Wildman–Crippen LogP) is 1.73. The van der Waals surface area contributed by atoms with Crippen LogP contribution in [0.5, 0.6) is 0 Å². The lowest BCUT2D eigenvalue weighted by Gasteiger charge is -2.35. The molecule has 4 heteroatoms. The molecule has 102 valence electrons. The van der Waals surface area contributed by atoms with Crippen molar-refractivity contribution >= 4 is 11.7 Å². The summed E-state index contributed by atoms with van der Waals surface area (Å²) < 4.78 is 0. The second-order valence-electron chi connectivity index (χ2n) is 5.46.